The van der Waals surface area contributed by atoms with E-state index in [0.29, 0.717) is 19.4 Å². The highest BCUT2D eigenvalue weighted by Gasteiger charge is 2.42. The largest absolute Gasteiger partial charge is 0.391 e. The molecular weight excluding hydrogens is 357 g/mol. The number of hydrogen-bond donors (Lipinski definition) is 1. The molecule has 8 heteroatoms. The molecule has 27 heavy (non-hydrogen) atoms. The third-order valence-electron chi connectivity index (χ3n) is 5.70. The topological polar surface area (TPSA) is 51.5 Å². The SMILES string of the molecule is Cc1cc([C@H]2CNC[C@H](C)O2)n2nc(C3CCC(C(F)(F)F)CC3)cc2n1. The van der Waals surface area contributed by atoms with E-state index in [1.165, 1.54) is 0 Å². The zero-order valence-electron chi connectivity index (χ0n) is 15.6. The number of hydrogen-bond acceptors (Lipinski definition) is 4. The van der Waals surface area contributed by atoms with Crippen LogP contribution in [0.25, 0.3) is 5.65 Å². The number of nitrogens with zero attached hydrogens (tertiary/aromatic N) is 3. The van der Waals surface area contributed by atoms with Gasteiger partial charge in [-0.15, -0.1) is 0 Å². The molecule has 148 valence electrons. The number of rotatable bonds is 2. The van der Waals surface area contributed by atoms with Gasteiger partial charge < -0.3 is 10.1 Å². The van der Waals surface area contributed by atoms with Crippen molar-refractivity contribution < 1.29 is 17.9 Å². The molecule has 2 fully saturated rings. The Labute approximate surface area is 156 Å². The van der Waals surface area contributed by atoms with Gasteiger partial charge in [-0.25, -0.2) is 9.50 Å². The quantitative estimate of drug-likeness (QED) is 0.855. The minimum Gasteiger partial charge on any atom is -0.366 e. The normalized spacial score (nSPS) is 30.0. The first-order valence-corrected chi connectivity index (χ1v) is 9.61. The van der Waals surface area contributed by atoms with Crippen molar-refractivity contribution in [1.82, 2.24) is 19.9 Å². The summed E-state index contributed by atoms with van der Waals surface area (Å²) in [6.45, 7) is 5.48. The van der Waals surface area contributed by atoms with Gasteiger partial charge >= 0.3 is 6.18 Å². The van der Waals surface area contributed by atoms with Crippen molar-refractivity contribution in [3.63, 3.8) is 0 Å². The molecule has 0 radical (unpaired) electrons. The first-order valence-electron chi connectivity index (χ1n) is 9.61. The molecule has 2 aliphatic rings. The lowest BCUT2D eigenvalue weighted by Crippen LogP contribution is -2.39. The van der Waals surface area contributed by atoms with Gasteiger partial charge in [-0.05, 0) is 45.6 Å². The molecular formula is C19H25F3N4O. The first-order chi connectivity index (χ1) is 12.8. The van der Waals surface area contributed by atoms with Gasteiger partial charge in [0.2, 0.25) is 0 Å². The fourth-order valence-corrected chi connectivity index (χ4v) is 4.26. The molecule has 1 saturated carbocycles. The lowest BCUT2D eigenvalue weighted by molar-refractivity contribution is -0.182. The fourth-order valence-electron chi connectivity index (χ4n) is 4.26. The molecule has 0 spiro atoms. The van der Waals surface area contributed by atoms with E-state index in [1.807, 2.05) is 30.5 Å². The van der Waals surface area contributed by atoms with Gasteiger partial charge in [-0.1, -0.05) is 0 Å². The average molecular weight is 382 g/mol. The maximum atomic E-state index is 12.9. The van der Waals surface area contributed by atoms with Gasteiger partial charge in [0, 0.05) is 30.8 Å². The maximum Gasteiger partial charge on any atom is 0.391 e. The van der Waals surface area contributed by atoms with Crippen LogP contribution in [0.15, 0.2) is 12.1 Å². The van der Waals surface area contributed by atoms with Crippen molar-refractivity contribution in [2.75, 3.05) is 13.1 Å². The summed E-state index contributed by atoms with van der Waals surface area (Å²) in [5, 5.41) is 8.09. The second-order valence-corrected chi connectivity index (χ2v) is 7.85. The van der Waals surface area contributed by atoms with Crippen LogP contribution in [0.5, 0.6) is 0 Å². The predicted octanol–water partition coefficient (Wildman–Crippen LogP) is 3.92. The van der Waals surface area contributed by atoms with Gasteiger partial charge in [-0.3, -0.25) is 0 Å². The van der Waals surface area contributed by atoms with Crippen molar-refractivity contribution in [3.8, 4) is 0 Å². The molecule has 1 aliphatic heterocycles. The Bertz CT molecular complexity index is 811. The van der Waals surface area contributed by atoms with Crippen LogP contribution in [0.2, 0.25) is 0 Å². The van der Waals surface area contributed by atoms with Crippen LogP contribution < -0.4 is 5.32 Å². The van der Waals surface area contributed by atoms with E-state index in [0.717, 1.165) is 29.3 Å². The Kier molecular flexibility index (Phi) is 4.88. The number of fused-ring (bicyclic) bond motifs is 1. The average Bonchev–Trinajstić information content (AvgIpc) is 3.04. The first kappa shape index (κ1) is 18.7. The monoisotopic (exact) mass is 382 g/mol. The van der Waals surface area contributed by atoms with Crippen molar-refractivity contribution in [2.24, 2.45) is 5.92 Å². The van der Waals surface area contributed by atoms with Crippen molar-refractivity contribution >= 4 is 5.65 Å². The zero-order chi connectivity index (χ0) is 19.2. The smallest absolute Gasteiger partial charge is 0.366 e. The van der Waals surface area contributed by atoms with E-state index in [1.54, 1.807) is 0 Å². The van der Waals surface area contributed by atoms with E-state index >= 15 is 0 Å². The molecule has 0 unspecified atom stereocenters. The number of halogens is 3. The number of morpholine rings is 1. The van der Waals surface area contributed by atoms with Crippen LogP contribution in [0.1, 0.15) is 61.7 Å². The number of aryl methyl sites for hydroxylation is 1. The third-order valence-corrected chi connectivity index (χ3v) is 5.70. The molecule has 4 rings (SSSR count). The molecule has 5 nitrogen and oxygen atoms in total. The van der Waals surface area contributed by atoms with Gasteiger partial charge in [0.15, 0.2) is 5.65 Å². The summed E-state index contributed by atoms with van der Waals surface area (Å²) < 4.78 is 46.6. The van der Waals surface area contributed by atoms with E-state index in [-0.39, 0.29) is 31.0 Å². The predicted molar refractivity (Wildman–Crippen MR) is 94.6 cm³/mol. The molecule has 0 aromatic carbocycles. The second kappa shape index (κ2) is 7.05. The van der Waals surface area contributed by atoms with E-state index in [4.69, 9.17) is 9.84 Å². The molecule has 1 saturated heterocycles. The summed E-state index contributed by atoms with van der Waals surface area (Å²) >= 11 is 0. The molecule has 1 N–H and O–H groups in total. The number of ether oxygens (including phenoxy) is 1. The second-order valence-electron chi connectivity index (χ2n) is 7.85. The highest BCUT2D eigenvalue weighted by atomic mass is 19.4. The molecule has 3 heterocycles. The molecule has 0 amide bonds. The highest BCUT2D eigenvalue weighted by Crippen LogP contribution is 2.42. The van der Waals surface area contributed by atoms with Crippen LogP contribution >= 0.6 is 0 Å². The number of aromatic nitrogens is 3. The highest BCUT2D eigenvalue weighted by molar-refractivity contribution is 5.43. The number of alkyl halides is 3. The third kappa shape index (κ3) is 3.82. The van der Waals surface area contributed by atoms with Crippen LogP contribution in [0, 0.1) is 12.8 Å². The lowest BCUT2D eigenvalue weighted by Gasteiger charge is -2.29. The molecule has 2 aromatic rings. The minimum atomic E-state index is -4.09. The van der Waals surface area contributed by atoms with Gasteiger partial charge in [0.05, 0.1) is 23.4 Å². The Morgan fingerprint density at radius 1 is 1.15 bits per heavy atom. The summed E-state index contributed by atoms with van der Waals surface area (Å²) in [4.78, 5) is 4.56. The van der Waals surface area contributed by atoms with E-state index < -0.39 is 12.1 Å². The lowest BCUT2D eigenvalue weighted by atomic mass is 9.80. The van der Waals surface area contributed by atoms with E-state index in [9.17, 15) is 13.2 Å². The molecule has 1 aliphatic carbocycles. The Balaban J connectivity index is 1.60. The summed E-state index contributed by atoms with van der Waals surface area (Å²) in [6, 6.07) is 3.91. The standard InChI is InChI=1S/C19H25F3N4O/c1-11-7-16(17-10-23-9-12(2)27-17)26-18(24-11)8-15(25-26)13-3-5-14(6-4-13)19(20,21)22/h7-8,12-14,17,23H,3-6,9-10H2,1-2H3/t12-,13?,14?,17+/m0/s1. The summed E-state index contributed by atoms with van der Waals surface area (Å²) in [6.07, 6.45) is -2.71. The van der Waals surface area contributed by atoms with Gasteiger partial charge in [-0.2, -0.15) is 18.3 Å². The molecule has 2 aromatic heterocycles. The van der Waals surface area contributed by atoms with Gasteiger partial charge in [0.25, 0.3) is 0 Å². The van der Waals surface area contributed by atoms with Crippen LogP contribution in [-0.4, -0.2) is 40.0 Å². The van der Waals surface area contributed by atoms with Crippen LogP contribution in [0.4, 0.5) is 13.2 Å². The van der Waals surface area contributed by atoms with Gasteiger partial charge in [0.1, 0.15) is 6.10 Å². The number of nitrogens with one attached hydrogen (secondary N) is 1. The Hall–Kier alpha value is -1.67. The maximum absolute atomic E-state index is 12.9. The van der Waals surface area contributed by atoms with Crippen molar-refractivity contribution in [3.05, 3.63) is 29.2 Å². The van der Waals surface area contributed by atoms with Crippen molar-refractivity contribution in [2.45, 2.75) is 63.8 Å². The fraction of sp³-hybridized carbons (Fsp3) is 0.684. The summed E-state index contributed by atoms with van der Waals surface area (Å²) in [5.74, 6) is -1.12. The van der Waals surface area contributed by atoms with Crippen LogP contribution in [0.3, 0.4) is 0 Å². The minimum absolute atomic E-state index is 0.0581. The summed E-state index contributed by atoms with van der Waals surface area (Å²) in [5.41, 5.74) is 3.39. The molecule has 2 atom stereocenters. The van der Waals surface area contributed by atoms with E-state index in [2.05, 4.69) is 10.3 Å². The summed E-state index contributed by atoms with van der Waals surface area (Å²) in [7, 11) is 0. The Morgan fingerprint density at radius 3 is 2.56 bits per heavy atom. The zero-order valence-corrected chi connectivity index (χ0v) is 15.6. The van der Waals surface area contributed by atoms with Crippen LogP contribution in [-0.2, 0) is 4.74 Å². The Morgan fingerprint density at radius 2 is 1.89 bits per heavy atom. The van der Waals surface area contributed by atoms with Crippen molar-refractivity contribution in [1.29, 1.82) is 0 Å². The molecule has 0 bridgehead atoms.